The van der Waals surface area contributed by atoms with Gasteiger partial charge in [0.2, 0.25) is 0 Å². The van der Waals surface area contributed by atoms with Crippen LogP contribution in [0.15, 0.2) is 11.6 Å². The van der Waals surface area contributed by atoms with E-state index in [9.17, 15) is 9.90 Å². The molecule has 0 aromatic rings. The predicted molar refractivity (Wildman–Crippen MR) is 125 cm³/mol. The lowest BCUT2D eigenvalue weighted by Crippen LogP contribution is -2.50. The van der Waals surface area contributed by atoms with Crippen molar-refractivity contribution in [3.63, 3.8) is 0 Å². The molecule has 30 heavy (non-hydrogen) atoms. The van der Waals surface area contributed by atoms with Crippen molar-refractivity contribution in [2.75, 3.05) is 5.88 Å². The summed E-state index contributed by atoms with van der Waals surface area (Å²) < 4.78 is 0. The molecular formula is C27H43ClO2. The Hall–Kier alpha value is -0.340. The molecule has 0 unspecified atom stereocenters. The molecule has 0 saturated heterocycles. The monoisotopic (exact) mass is 434 g/mol. The number of aliphatic hydroxyl groups excluding tert-OH is 1. The van der Waals surface area contributed by atoms with Crippen LogP contribution in [0.2, 0.25) is 0 Å². The van der Waals surface area contributed by atoms with Crippen LogP contribution in [0.3, 0.4) is 0 Å². The van der Waals surface area contributed by atoms with Crippen LogP contribution in [-0.4, -0.2) is 22.9 Å². The van der Waals surface area contributed by atoms with E-state index >= 15 is 0 Å². The normalized spacial score (nSPS) is 40.5. The molecule has 3 heteroatoms. The van der Waals surface area contributed by atoms with Crippen molar-refractivity contribution < 1.29 is 9.90 Å². The summed E-state index contributed by atoms with van der Waals surface area (Å²) in [5.74, 6) is 4.81. The van der Waals surface area contributed by atoms with Crippen molar-refractivity contribution in [2.45, 2.75) is 109 Å². The Morgan fingerprint density at radius 3 is 2.53 bits per heavy atom. The first-order valence-electron chi connectivity index (χ1n) is 13.0. The highest BCUT2D eigenvalue weighted by atomic mass is 35.5. The number of hydrogen-bond acceptors (Lipinski definition) is 2. The number of halogens is 1. The minimum atomic E-state index is -0.0954. The second-order valence-electron chi connectivity index (χ2n) is 11.2. The molecule has 3 saturated carbocycles. The topological polar surface area (TPSA) is 37.3 Å². The van der Waals surface area contributed by atoms with Crippen molar-refractivity contribution in [3.05, 3.63) is 11.6 Å². The van der Waals surface area contributed by atoms with Crippen molar-refractivity contribution in [1.29, 1.82) is 0 Å². The lowest BCUT2D eigenvalue weighted by molar-refractivity contribution is -0.116. The molecule has 3 fully saturated rings. The zero-order chi connectivity index (χ0) is 21.1. The molecule has 0 heterocycles. The zero-order valence-electron chi connectivity index (χ0n) is 19.1. The first-order valence-corrected chi connectivity index (χ1v) is 13.6. The Kier molecular flexibility index (Phi) is 7.67. The quantitative estimate of drug-likeness (QED) is 0.311. The van der Waals surface area contributed by atoms with Crippen LogP contribution in [-0.2, 0) is 4.79 Å². The number of unbranched alkanes of at least 4 members (excludes halogenated alkanes) is 6. The molecule has 1 N–H and O–H groups in total. The summed E-state index contributed by atoms with van der Waals surface area (Å²) in [4.78, 5) is 12.2. The van der Waals surface area contributed by atoms with Gasteiger partial charge in [-0.3, -0.25) is 4.79 Å². The van der Waals surface area contributed by atoms with Crippen molar-refractivity contribution in [1.82, 2.24) is 0 Å². The number of ketones is 1. The lowest BCUT2D eigenvalue weighted by Gasteiger charge is -2.56. The average Bonchev–Trinajstić information content (AvgIpc) is 3.04. The molecule has 7 atom stereocenters. The third kappa shape index (κ3) is 4.56. The van der Waals surface area contributed by atoms with Crippen LogP contribution in [0, 0.1) is 35.0 Å². The summed E-state index contributed by atoms with van der Waals surface area (Å²) in [6.07, 6.45) is 20.1. The molecule has 0 amide bonds. The van der Waals surface area contributed by atoms with Gasteiger partial charge in [-0.1, -0.05) is 51.0 Å². The van der Waals surface area contributed by atoms with Crippen LogP contribution in [0.4, 0.5) is 0 Å². The summed E-state index contributed by atoms with van der Waals surface area (Å²) in [5, 5.41) is 10.8. The van der Waals surface area contributed by atoms with E-state index in [2.05, 4.69) is 6.92 Å². The van der Waals surface area contributed by atoms with Gasteiger partial charge in [-0.05, 0) is 92.4 Å². The number of fused-ring (bicyclic) bond motifs is 5. The highest BCUT2D eigenvalue weighted by Gasteiger charge is 2.58. The van der Waals surface area contributed by atoms with E-state index in [1.54, 1.807) is 0 Å². The molecule has 0 aromatic carbocycles. The van der Waals surface area contributed by atoms with Crippen LogP contribution in [0.1, 0.15) is 103 Å². The number of carbonyl (C=O) groups excluding carboxylic acids is 1. The number of allylic oxidation sites excluding steroid dienone is 1. The van der Waals surface area contributed by atoms with Crippen molar-refractivity contribution in [2.24, 2.45) is 35.0 Å². The highest BCUT2D eigenvalue weighted by Crippen LogP contribution is 2.63. The summed E-state index contributed by atoms with van der Waals surface area (Å²) in [5.41, 5.74) is 1.65. The number of aliphatic hydroxyl groups is 1. The van der Waals surface area contributed by atoms with Gasteiger partial charge in [-0.25, -0.2) is 0 Å². The maximum absolute atomic E-state index is 12.2. The lowest BCUT2D eigenvalue weighted by atomic mass is 9.49. The predicted octanol–water partition coefficient (Wildman–Crippen LogP) is 7.07. The summed E-state index contributed by atoms with van der Waals surface area (Å²) in [6, 6.07) is 0. The van der Waals surface area contributed by atoms with Crippen molar-refractivity contribution >= 4 is 17.4 Å². The zero-order valence-corrected chi connectivity index (χ0v) is 19.8. The van der Waals surface area contributed by atoms with E-state index in [1.807, 2.05) is 6.08 Å². The molecule has 4 rings (SSSR count). The summed E-state index contributed by atoms with van der Waals surface area (Å²) >= 11 is 5.78. The first-order chi connectivity index (χ1) is 14.5. The SMILES string of the molecule is C[C@]12CC[C@H]3[C@@H]([C@H](CCCCCCCCCCl)CC4=CC(=O)CC[C@@H]43)[C@@H]1CC[C@@H]2O. The fraction of sp³-hybridized carbons (Fsp3) is 0.889. The number of alkyl halides is 1. The van der Waals surface area contributed by atoms with Crippen LogP contribution >= 0.6 is 11.6 Å². The smallest absolute Gasteiger partial charge is 0.155 e. The van der Waals surface area contributed by atoms with Crippen molar-refractivity contribution in [3.8, 4) is 0 Å². The van der Waals surface area contributed by atoms with E-state index in [0.717, 1.165) is 55.7 Å². The molecule has 4 aliphatic carbocycles. The van der Waals surface area contributed by atoms with Gasteiger partial charge in [0.15, 0.2) is 5.78 Å². The van der Waals surface area contributed by atoms with Gasteiger partial charge in [0, 0.05) is 12.3 Å². The second-order valence-corrected chi connectivity index (χ2v) is 11.6. The molecule has 4 aliphatic rings. The average molecular weight is 435 g/mol. The molecule has 0 bridgehead atoms. The van der Waals surface area contributed by atoms with E-state index in [1.165, 1.54) is 69.8 Å². The van der Waals surface area contributed by atoms with E-state index in [4.69, 9.17) is 11.6 Å². The van der Waals surface area contributed by atoms with Gasteiger partial charge in [0.05, 0.1) is 6.10 Å². The Morgan fingerprint density at radius 1 is 1.03 bits per heavy atom. The first kappa shape index (κ1) is 22.8. The fourth-order valence-electron chi connectivity index (χ4n) is 8.03. The Labute approximate surface area is 189 Å². The maximum Gasteiger partial charge on any atom is 0.155 e. The molecule has 0 radical (unpaired) electrons. The van der Waals surface area contributed by atoms with E-state index in [0.29, 0.717) is 17.6 Å². The summed E-state index contributed by atoms with van der Waals surface area (Å²) in [6.45, 7) is 2.39. The number of rotatable bonds is 9. The molecule has 170 valence electrons. The summed E-state index contributed by atoms with van der Waals surface area (Å²) in [7, 11) is 0. The maximum atomic E-state index is 12.2. The van der Waals surface area contributed by atoms with Gasteiger partial charge in [-0.2, -0.15) is 0 Å². The third-order valence-corrected chi connectivity index (χ3v) is 9.89. The fourth-order valence-corrected chi connectivity index (χ4v) is 8.22. The molecule has 0 aliphatic heterocycles. The molecule has 0 spiro atoms. The van der Waals surface area contributed by atoms with Crippen LogP contribution in [0.5, 0.6) is 0 Å². The standard InChI is InChI=1S/C27H43ClO2/c1-27-15-14-23-22-11-10-21(29)18-20(22)17-19(26(23)24(27)12-13-25(27)30)9-7-5-3-2-4-6-8-16-28/h18-19,22-26,30H,2-17H2,1H3/t19-,22+,23-,24+,25+,26-,27+/m1/s1. The van der Waals surface area contributed by atoms with Gasteiger partial charge >= 0.3 is 0 Å². The van der Waals surface area contributed by atoms with Gasteiger partial charge in [-0.15, -0.1) is 11.6 Å². The van der Waals surface area contributed by atoms with Gasteiger partial charge < -0.3 is 5.11 Å². The minimum Gasteiger partial charge on any atom is -0.393 e. The molecule has 0 aromatic heterocycles. The van der Waals surface area contributed by atoms with Crippen LogP contribution < -0.4 is 0 Å². The second kappa shape index (κ2) is 10.1. The Bertz CT molecular complexity index is 628. The van der Waals surface area contributed by atoms with Gasteiger partial charge in [0.25, 0.3) is 0 Å². The van der Waals surface area contributed by atoms with E-state index < -0.39 is 0 Å². The van der Waals surface area contributed by atoms with Gasteiger partial charge in [0.1, 0.15) is 0 Å². The van der Waals surface area contributed by atoms with E-state index in [-0.39, 0.29) is 11.5 Å². The number of hydrogen-bond donors (Lipinski definition) is 1. The highest BCUT2D eigenvalue weighted by molar-refractivity contribution is 6.17. The Morgan fingerprint density at radius 2 is 1.77 bits per heavy atom. The minimum absolute atomic E-state index is 0.0954. The number of carbonyl (C=O) groups is 1. The molecule has 2 nitrogen and oxygen atoms in total. The van der Waals surface area contributed by atoms with Crippen LogP contribution in [0.25, 0.3) is 0 Å². The Balaban J connectivity index is 1.41. The third-order valence-electron chi connectivity index (χ3n) is 9.63. The largest absolute Gasteiger partial charge is 0.393 e. The molecular weight excluding hydrogens is 392 g/mol.